The van der Waals surface area contributed by atoms with Crippen LogP contribution in [0.2, 0.25) is 0 Å². The number of rotatable bonds is 9. The summed E-state index contributed by atoms with van der Waals surface area (Å²) in [5.41, 5.74) is 23.1. The topological polar surface area (TPSA) is 123 Å². The van der Waals surface area contributed by atoms with Gasteiger partial charge in [-0.05, 0) is 179 Å². The third-order valence-corrected chi connectivity index (χ3v) is 28.7. The van der Waals surface area contributed by atoms with Crippen LogP contribution in [0.1, 0.15) is 0 Å². The van der Waals surface area contributed by atoms with Crippen LogP contribution in [-0.4, -0.2) is 58.1 Å². The number of hydrogen-bond donors (Lipinski definition) is 0. The van der Waals surface area contributed by atoms with Crippen LogP contribution in [0.3, 0.4) is 0 Å². The third kappa shape index (κ3) is 14.6. The molecule has 31 rings (SSSR count). The Morgan fingerprint density at radius 3 is 0.712 bits per heavy atom. The highest BCUT2D eigenvalue weighted by atomic mass is 15.2. The zero-order valence-electron chi connectivity index (χ0n) is 78.9. The highest BCUT2D eigenvalue weighted by Gasteiger charge is 2.26. The van der Waals surface area contributed by atoms with E-state index in [9.17, 15) is 0 Å². The molecule has 0 saturated carbocycles. The Labute approximate surface area is 837 Å². The molecule has 8 aromatic heterocycles. The first-order valence-corrected chi connectivity index (χ1v) is 49.3. The van der Waals surface area contributed by atoms with Gasteiger partial charge in [-0.15, -0.1) is 0 Å². The highest BCUT2D eigenvalue weighted by molar-refractivity contribution is 6.19. The summed E-state index contributed by atoms with van der Waals surface area (Å²) >= 11 is 0. The molecule has 0 bridgehead atoms. The molecule has 0 aliphatic heterocycles. The molecule has 23 aromatic carbocycles. The first-order chi connectivity index (χ1) is 72.4. The largest absolute Gasteiger partial charge is 0.278 e. The van der Waals surface area contributed by atoms with E-state index in [2.05, 4.69) is 485 Å². The number of hydrogen-bond acceptors (Lipinski definition) is 8. The molecule has 0 unspecified atom stereocenters. The fourth-order valence-electron chi connectivity index (χ4n) is 21.8. The predicted octanol–water partition coefficient (Wildman–Crippen LogP) is 34.2. The van der Waals surface area contributed by atoms with Crippen molar-refractivity contribution in [3.8, 4) is 79.9 Å². The van der Waals surface area contributed by atoms with E-state index in [0.717, 1.165) is 133 Å². The molecule has 0 fully saturated rings. The van der Waals surface area contributed by atoms with Gasteiger partial charge in [0.25, 0.3) is 0 Å². The summed E-state index contributed by atoms with van der Waals surface area (Å²) in [5, 5.41) is 28.4. The summed E-state index contributed by atoms with van der Waals surface area (Å²) in [7, 11) is 0. The van der Waals surface area contributed by atoms with Crippen molar-refractivity contribution in [2.24, 2.45) is 0 Å². The molecular weight excluding hydrogens is 1780 g/mol. The molecule has 0 spiro atoms. The maximum atomic E-state index is 5.30. The maximum Gasteiger partial charge on any atom is 0.235 e. The van der Waals surface area contributed by atoms with Crippen LogP contribution in [-0.2, 0) is 0 Å². The minimum absolute atomic E-state index is 0.678. The van der Waals surface area contributed by atoms with Crippen molar-refractivity contribution >= 4 is 195 Å². The van der Waals surface area contributed by atoms with Crippen LogP contribution < -0.4 is 0 Å². The normalized spacial score (nSPS) is 11.7. The molecule has 31 aromatic rings. The van der Waals surface area contributed by atoms with Gasteiger partial charge < -0.3 is 0 Å². The second-order valence-electron chi connectivity index (χ2n) is 37.2. The highest BCUT2D eigenvalue weighted by Crippen LogP contribution is 2.44. The third-order valence-electron chi connectivity index (χ3n) is 28.7. The molecule has 0 N–H and O–H groups in total. The average molecular weight is 1860 g/mol. The SMILES string of the molecule is c1ccc(-c2ccc(-c3nc(-n4c5ccccc5c5cc6ccccc6cc54)nc4ccccc34)cc2)cc1.c1ccc(-c2nc(-n3c4ccccc4c4cc5ccccc5cc43)nc3ccccc23)cc1.c1ccc2cc(-c3nc(-n4c5ccccc5c5cc6ccccc6cc54)nc4ccccc34)ccc2c1.c1ccc2cc3c(cc2c1)c1ccccc1n3-c1nc(-c2cccc3ccccc23)c2ccccc2n1. The van der Waals surface area contributed by atoms with Gasteiger partial charge in [0.1, 0.15) is 0 Å². The van der Waals surface area contributed by atoms with Gasteiger partial charge in [-0.2, -0.15) is 0 Å². The maximum absolute atomic E-state index is 5.30. The van der Waals surface area contributed by atoms with E-state index in [1.165, 1.54) is 119 Å². The average Bonchev–Trinajstić information content (AvgIpc) is 1.58. The van der Waals surface area contributed by atoms with E-state index >= 15 is 0 Å². The van der Waals surface area contributed by atoms with Gasteiger partial charge in [0.05, 0.1) is 89.0 Å². The molecule has 680 valence electrons. The summed E-state index contributed by atoms with van der Waals surface area (Å²) in [4.78, 5) is 41.3. The van der Waals surface area contributed by atoms with E-state index in [1.807, 2.05) is 42.5 Å². The molecule has 8 heterocycles. The van der Waals surface area contributed by atoms with Gasteiger partial charge in [0, 0.05) is 86.9 Å². The Balaban J connectivity index is 0.0000000944. The summed E-state index contributed by atoms with van der Waals surface area (Å²) < 4.78 is 8.85. The number of benzene rings is 23. The first kappa shape index (κ1) is 84.3. The molecule has 0 radical (unpaired) electrons. The van der Waals surface area contributed by atoms with E-state index in [4.69, 9.17) is 39.9 Å². The van der Waals surface area contributed by atoms with E-state index < -0.39 is 0 Å². The van der Waals surface area contributed by atoms with Crippen LogP contribution in [0.25, 0.3) is 275 Å². The smallest absolute Gasteiger partial charge is 0.235 e. The van der Waals surface area contributed by atoms with Crippen molar-refractivity contribution in [3.63, 3.8) is 0 Å². The summed E-state index contributed by atoms with van der Waals surface area (Å²) in [6.45, 7) is 0. The fraction of sp³-hybridized carbons (Fsp3) is 0. The van der Waals surface area contributed by atoms with Crippen LogP contribution in [0.15, 0.2) is 510 Å². The van der Waals surface area contributed by atoms with Gasteiger partial charge in [-0.3, -0.25) is 18.3 Å². The molecule has 0 aliphatic rings. The van der Waals surface area contributed by atoms with Crippen LogP contribution in [0.5, 0.6) is 0 Å². The lowest BCUT2D eigenvalue weighted by molar-refractivity contribution is 1.01. The van der Waals surface area contributed by atoms with Crippen LogP contribution in [0, 0.1) is 0 Å². The van der Waals surface area contributed by atoms with Crippen molar-refractivity contribution in [2.45, 2.75) is 0 Å². The zero-order chi connectivity index (χ0) is 96.2. The standard InChI is InChI=1S/C36H23N3.2C34H21N3.C30H19N3/c1-2-10-24(11-3-1)25-18-20-26(21-19-25)35-30-15-6-8-16-32(30)37-36(38-35)39-33-17-9-7-14-29(33)31-22-27-12-4-5-13-28(27)23-34(31)39;1-2-12-24-21-32-29(20-23(24)11-1)26-15-6-8-19-31(26)37(32)34-35-30-18-7-5-16-28(30)33(36-34)27-17-9-13-22-10-3-4-14-25(22)27;1-2-10-23-19-26(18-17-22(23)9-1)33-28-14-5-7-15-30(28)35-34(36-33)37-31-16-8-6-13-27(31)29-20-24-11-3-4-12-25(24)21-32(29)37;1-2-10-20(11-3-1)29-24-15-6-8-16-26(24)31-30(32-29)33-27-17-9-7-14-23(27)25-18-21-12-4-5-13-22(21)19-28(25)33/h1-23H;2*1-21H;1-19H. The number of aromatic nitrogens is 12. The van der Waals surface area contributed by atoms with Crippen molar-refractivity contribution in [1.82, 2.24) is 58.1 Å². The Morgan fingerprint density at radius 2 is 0.349 bits per heavy atom. The Morgan fingerprint density at radius 1 is 0.116 bits per heavy atom. The van der Waals surface area contributed by atoms with Gasteiger partial charge in [0.2, 0.25) is 23.8 Å². The number of fused-ring (bicyclic) bond motifs is 22. The summed E-state index contributed by atoms with van der Waals surface area (Å²) in [6, 6.07) is 179. The second-order valence-corrected chi connectivity index (χ2v) is 37.2. The van der Waals surface area contributed by atoms with Crippen molar-refractivity contribution in [2.75, 3.05) is 0 Å². The van der Waals surface area contributed by atoms with Gasteiger partial charge >= 0.3 is 0 Å². The second kappa shape index (κ2) is 35.2. The van der Waals surface area contributed by atoms with Crippen molar-refractivity contribution in [3.05, 3.63) is 510 Å². The summed E-state index contributed by atoms with van der Waals surface area (Å²) in [6.07, 6.45) is 0. The zero-order valence-corrected chi connectivity index (χ0v) is 78.9. The molecule has 0 aliphatic carbocycles. The number of nitrogens with zero attached hydrogens (tertiary/aromatic N) is 12. The fourth-order valence-corrected chi connectivity index (χ4v) is 21.8. The molecule has 146 heavy (non-hydrogen) atoms. The Kier molecular flexibility index (Phi) is 20.3. The molecule has 0 saturated heterocycles. The van der Waals surface area contributed by atoms with Crippen LogP contribution in [0.4, 0.5) is 0 Å². The quantitative estimate of drug-likeness (QED) is 0.140. The Hall–Kier alpha value is -19.8. The Bertz CT molecular complexity index is 10700. The van der Waals surface area contributed by atoms with E-state index in [0.29, 0.717) is 23.8 Å². The first-order valence-electron chi connectivity index (χ1n) is 49.3. The lowest BCUT2D eigenvalue weighted by Crippen LogP contribution is -2.03. The minimum atomic E-state index is 0.678. The molecular formula is C134H84N12. The molecule has 12 heteroatoms. The number of para-hydroxylation sites is 8. The van der Waals surface area contributed by atoms with Gasteiger partial charge in [0.15, 0.2) is 0 Å². The molecule has 12 nitrogen and oxygen atoms in total. The van der Waals surface area contributed by atoms with E-state index in [1.54, 1.807) is 0 Å². The van der Waals surface area contributed by atoms with E-state index in [-0.39, 0.29) is 0 Å². The predicted molar refractivity (Wildman–Crippen MR) is 608 cm³/mol. The summed E-state index contributed by atoms with van der Waals surface area (Å²) in [5.74, 6) is 2.73. The minimum Gasteiger partial charge on any atom is -0.278 e. The van der Waals surface area contributed by atoms with Gasteiger partial charge in [-0.1, -0.05) is 406 Å². The lowest BCUT2D eigenvalue weighted by atomic mass is 9.99. The van der Waals surface area contributed by atoms with Crippen molar-refractivity contribution in [1.29, 1.82) is 0 Å². The van der Waals surface area contributed by atoms with Gasteiger partial charge in [-0.25, -0.2) is 39.9 Å². The van der Waals surface area contributed by atoms with Crippen molar-refractivity contribution < 1.29 is 0 Å². The lowest BCUT2D eigenvalue weighted by Gasteiger charge is -2.13. The van der Waals surface area contributed by atoms with Crippen LogP contribution >= 0.6 is 0 Å². The monoisotopic (exact) mass is 1860 g/mol. The molecule has 0 atom stereocenters. The molecule has 0 amide bonds.